The van der Waals surface area contributed by atoms with E-state index in [1.54, 1.807) is 30.4 Å². The average molecular weight is 295 g/mol. The van der Waals surface area contributed by atoms with Gasteiger partial charge in [-0.15, -0.1) is 0 Å². The summed E-state index contributed by atoms with van der Waals surface area (Å²) in [5, 5.41) is 13.4. The van der Waals surface area contributed by atoms with Crippen LogP contribution in [0.2, 0.25) is 0 Å². The number of rotatable bonds is 2. The lowest BCUT2D eigenvalue weighted by Gasteiger charge is -2.27. The molecule has 1 aliphatic heterocycles. The molecule has 5 heteroatoms. The van der Waals surface area contributed by atoms with Gasteiger partial charge in [0.2, 0.25) is 0 Å². The van der Waals surface area contributed by atoms with Crippen LogP contribution in [-0.4, -0.2) is 25.0 Å². The fourth-order valence-electron chi connectivity index (χ4n) is 2.65. The number of fused-ring (bicyclic) bond motifs is 1. The highest BCUT2D eigenvalue weighted by molar-refractivity contribution is 6.13. The second-order valence-electron chi connectivity index (χ2n) is 4.91. The molecule has 109 valence electrons. The number of hydrogen-bond acceptors (Lipinski definition) is 3. The number of hydrogen-bond donors (Lipinski definition) is 0. The molecule has 4 nitrogen and oxygen atoms in total. The molecule has 0 saturated heterocycles. The first-order chi connectivity index (χ1) is 10.7. The van der Waals surface area contributed by atoms with Gasteiger partial charge in [0.25, 0.3) is 0 Å². The molecule has 3 rings (SSSR count). The second-order valence-corrected chi connectivity index (χ2v) is 4.91. The Bertz CT molecular complexity index is 771. The van der Waals surface area contributed by atoms with Crippen molar-refractivity contribution in [2.75, 3.05) is 7.11 Å². The Morgan fingerprint density at radius 3 is 2.82 bits per heavy atom. The molecule has 0 N–H and O–H groups in total. The Balaban J connectivity index is 2.27. The van der Waals surface area contributed by atoms with Crippen molar-refractivity contribution in [3.05, 3.63) is 65.1 Å². The lowest BCUT2D eigenvalue weighted by Crippen LogP contribution is -2.33. The Labute approximate surface area is 127 Å². The van der Waals surface area contributed by atoms with Gasteiger partial charge < -0.3 is 4.74 Å². The van der Waals surface area contributed by atoms with Crippen LogP contribution in [0.4, 0.5) is 4.39 Å². The SMILES string of the molecule is COC1C=CC2=C[N]C(C#N)C(c3ccccc3F)=C2C1=O. The van der Waals surface area contributed by atoms with Crippen LogP contribution in [0.5, 0.6) is 0 Å². The Morgan fingerprint density at radius 1 is 1.36 bits per heavy atom. The Kier molecular flexibility index (Phi) is 3.61. The van der Waals surface area contributed by atoms with Crippen molar-refractivity contribution in [3.8, 4) is 6.07 Å². The molecule has 0 amide bonds. The van der Waals surface area contributed by atoms with Crippen LogP contribution in [0.1, 0.15) is 5.56 Å². The van der Waals surface area contributed by atoms with Crippen molar-refractivity contribution in [2.45, 2.75) is 12.1 Å². The highest BCUT2D eigenvalue weighted by Gasteiger charge is 2.35. The first kappa shape index (κ1) is 14.2. The van der Waals surface area contributed by atoms with E-state index < -0.39 is 18.0 Å². The van der Waals surface area contributed by atoms with Crippen LogP contribution < -0.4 is 5.32 Å². The minimum atomic E-state index is -0.913. The highest BCUT2D eigenvalue weighted by Crippen LogP contribution is 2.36. The molecule has 0 bridgehead atoms. The molecule has 22 heavy (non-hydrogen) atoms. The van der Waals surface area contributed by atoms with Gasteiger partial charge in [-0.2, -0.15) is 5.26 Å². The zero-order valence-corrected chi connectivity index (χ0v) is 11.8. The molecule has 2 aliphatic rings. The Hall–Kier alpha value is -2.71. The fourth-order valence-corrected chi connectivity index (χ4v) is 2.65. The lowest BCUT2D eigenvalue weighted by atomic mass is 9.81. The van der Waals surface area contributed by atoms with E-state index in [-0.39, 0.29) is 11.3 Å². The molecule has 0 saturated carbocycles. The van der Waals surface area contributed by atoms with Crippen LogP contribution in [0.15, 0.2) is 53.8 Å². The number of allylic oxidation sites excluding steroid dienone is 2. The van der Waals surface area contributed by atoms with E-state index >= 15 is 0 Å². The summed E-state index contributed by atoms with van der Waals surface area (Å²) in [5.74, 6) is -0.775. The minimum absolute atomic E-state index is 0.219. The number of methoxy groups -OCH3 is 1. The van der Waals surface area contributed by atoms with Crippen molar-refractivity contribution in [1.29, 1.82) is 5.26 Å². The number of carbonyl (C=O) groups excluding carboxylic acids is 1. The average Bonchev–Trinajstić information content (AvgIpc) is 2.55. The summed E-state index contributed by atoms with van der Waals surface area (Å²) in [5.41, 5.74) is 1.40. The fraction of sp³-hybridized carbons (Fsp3) is 0.176. The van der Waals surface area contributed by atoms with E-state index in [0.717, 1.165) is 0 Å². The molecule has 2 unspecified atom stereocenters. The monoisotopic (exact) mass is 295 g/mol. The molecule has 1 aromatic carbocycles. The molecule has 0 aromatic heterocycles. The van der Waals surface area contributed by atoms with Gasteiger partial charge in [0.15, 0.2) is 11.8 Å². The second kappa shape index (κ2) is 5.58. The van der Waals surface area contributed by atoms with Crippen LogP contribution in [0.3, 0.4) is 0 Å². The van der Waals surface area contributed by atoms with E-state index in [0.29, 0.717) is 16.7 Å². The zero-order valence-electron chi connectivity index (χ0n) is 11.8. The van der Waals surface area contributed by atoms with Gasteiger partial charge in [0.05, 0.1) is 6.07 Å². The third-order valence-electron chi connectivity index (χ3n) is 3.69. The summed E-state index contributed by atoms with van der Waals surface area (Å²) in [7, 11) is 1.43. The van der Waals surface area contributed by atoms with Gasteiger partial charge in [-0.25, -0.2) is 4.39 Å². The molecule has 0 fully saturated rings. The van der Waals surface area contributed by atoms with E-state index in [2.05, 4.69) is 5.32 Å². The van der Waals surface area contributed by atoms with Crippen LogP contribution in [-0.2, 0) is 9.53 Å². The van der Waals surface area contributed by atoms with Crippen molar-refractivity contribution in [2.24, 2.45) is 0 Å². The summed E-state index contributed by atoms with van der Waals surface area (Å²) >= 11 is 0. The van der Waals surface area contributed by atoms with E-state index in [1.807, 2.05) is 6.07 Å². The Morgan fingerprint density at radius 2 is 2.14 bits per heavy atom. The molecule has 1 aromatic rings. The molecule has 1 aliphatic carbocycles. The predicted octanol–water partition coefficient (Wildman–Crippen LogP) is 2.13. The van der Waals surface area contributed by atoms with Gasteiger partial charge in [-0.05, 0) is 12.1 Å². The number of Topliss-reactive ketones (excluding diaryl/α,β-unsaturated/α-hetero) is 1. The summed E-state index contributed by atoms with van der Waals surface area (Å²) in [6, 6.07) is 7.17. The minimum Gasteiger partial charge on any atom is -0.369 e. The van der Waals surface area contributed by atoms with Gasteiger partial charge in [0, 0.05) is 35.6 Å². The molecule has 0 spiro atoms. The summed E-state index contributed by atoms with van der Waals surface area (Å²) < 4.78 is 19.3. The van der Waals surface area contributed by atoms with E-state index in [9.17, 15) is 14.4 Å². The summed E-state index contributed by atoms with van der Waals surface area (Å²) in [4.78, 5) is 12.6. The van der Waals surface area contributed by atoms with Crippen LogP contribution in [0, 0.1) is 17.1 Å². The third kappa shape index (κ3) is 2.14. The maximum absolute atomic E-state index is 14.2. The van der Waals surface area contributed by atoms with Crippen molar-refractivity contribution < 1.29 is 13.9 Å². The lowest BCUT2D eigenvalue weighted by molar-refractivity contribution is -0.122. The third-order valence-corrected chi connectivity index (χ3v) is 3.69. The maximum atomic E-state index is 14.2. The van der Waals surface area contributed by atoms with Crippen LogP contribution >= 0.6 is 0 Å². The van der Waals surface area contributed by atoms with Gasteiger partial charge >= 0.3 is 0 Å². The van der Waals surface area contributed by atoms with Gasteiger partial charge in [-0.1, -0.05) is 24.3 Å². The predicted molar refractivity (Wildman–Crippen MR) is 77.9 cm³/mol. The standard InChI is InChI=1S/C17H12FN2O2/c1-22-14-7-6-10-9-20-13(8-19)16(15(10)17(14)21)11-4-2-3-5-12(11)18/h2-7,9,13-14H,1H3. The van der Waals surface area contributed by atoms with Crippen LogP contribution in [0.25, 0.3) is 5.57 Å². The largest absolute Gasteiger partial charge is 0.369 e. The number of halogens is 1. The molecule has 1 radical (unpaired) electrons. The van der Waals surface area contributed by atoms with Crippen molar-refractivity contribution in [1.82, 2.24) is 5.32 Å². The number of nitrogens with zero attached hydrogens (tertiary/aromatic N) is 2. The maximum Gasteiger partial charge on any atom is 0.196 e. The normalized spacial score (nSPS) is 23.5. The van der Waals surface area contributed by atoms with E-state index in [4.69, 9.17) is 4.74 Å². The molecular formula is C17H12FN2O2. The van der Waals surface area contributed by atoms with Gasteiger partial charge in [0.1, 0.15) is 11.9 Å². The number of ketones is 1. The van der Waals surface area contributed by atoms with Crippen molar-refractivity contribution >= 4 is 11.4 Å². The topological polar surface area (TPSA) is 64.2 Å². The summed E-state index contributed by atoms with van der Waals surface area (Å²) in [6.07, 6.45) is 4.08. The summed E-state index contributed by atoms with van der Waals surface area (Å²) in [6.45, 7) is 0. The number of nitriles is 1. The molecular weight excluding hydrogens is 283 g/mol. The number of carbonyl (C=O) groups is 1. The van der Waals surface area contributed by atoms with E-state index in [1.165, 1.54) is 19.4 Å². The van der Waals surface area contributed by atoms with Crippen molar-refractivity contribution in [3.63, 3.8) is 0 Å². The highest BCUT2D eigenvalue weighted by atomic mass is 19.1. The zero-order chi connectivity index (χ0) is 15.7. The first-order valence-corrected chi connectivity index (χ1v) is 6.71. The number of ether oxygens (including phenoxy) is 1. The number of benzene rings is 1. The van der Waals surface area contributed by atoms with Gasteiger partial charge in [-0.3, -0.25) is 10.1 Å². The first-order valence-electron chi connectivity index (χ1n) is 6.71. The quantitative estimate of drug-likeness (QED) is 0.839. The molecule has 2 atom stereocenters. The molecule has 1 heterocycles. The smallest absolute Gasteiger partial charge is 0.196 e.